The highest BCUT2D eigenvalue weighted by Crippen LogP contribution is 1.76. The van der Waals surface area contributed by atoms with Crippen molar-refractivity contribution in [1.82, 2.24) is 9.80 Å². The lowest BCUT2D eigenvalue weighted by Crippen LogP contribution is -2.25. The summed E-state index contributed by atoms with van der Waals surface area (Å²) in [5, 5.41) is 0. The molecule has 0 saturated heterocycles. The number of rotatable bonds is 6. The Morgan fingerprint density at radius 2 is 0.600 bits per heavy atom. The average Bonchev–Trinajstić information content (AvgIpc) is 2.45. The molecule has 0 aromatic rings. The molecule has 8 heteroatoms. The van der Waals surface area contributed by atoms with Gasteiger partial charge in [-0.15, -0.1) is 0 Å². The van der Waals surface area contributed by atoms with Crippen LogP contribution in [0.5, 0.6) is 0 Å². The molecule has 0 aliphatic rings. The molecule has 0 unspecified atom stereocenters. The maximum Gasteiger partial charge on any atom is 0.0103 e. The van der Waals surface area contributed by atoms with Crippen molar-refractivity contribution in [2.45, 2.75) is 0 Å². The number of nitrogens with two attached hydrogens (primary N) is 6. The van der Waals surface area contributed by atoms with E-state index in [1.54, 1.807) is 0 Å². The number of hydrogen-bond donors (Lipinski definition) is 6. The third kappa shape index (κ3) is 83.4. The van der Waals surface area contributed by atoms with E-state index in [0.717, 1.165) is 13.1 Å². The molecular formula is C12H40N8. The van der Waals surface area contributed by atoms with E-state index in [2.05, 4.69) is 38.0 Å². The van der Waals surface area contributed by atoms with E-state index < -0.39 is 0 Å². The number of hydrogen-bond acceptors (Lipinski definition) is 8. The SMILES string of the molecule is CN(C)CCN(C)C.NCCN.NCCN.NCCN. The zero-order valence-corrected chi connectivity index (χ0v) is 14.0. The second-order valence-corrected chi connectivity index (χ2v) is 4.34. The summed E-state index contributed by atoms with van der Waals surface area (Å²) < 4.78 is 0. The van der Waals surface area contributed by atoms with E-state index >= 15 is 0 Å². The molecule has 0 saturated carbocycles. The zero-order chi connectivity index (χ0) is 16.8. The average molecular weight is 297 g/mol. The molecule has 0 bridgehead atoms. The molecule has 12 N–H and O–H groups in total. The first-order valence-corrected chi connectivity index (χ1v) is 6.87. The van der Waals surface area contributed by atoms with Crippen LogP contribution in [0.15, 0.2) is 0 Å². The lowest BCUT2D eigenvalue weighted by atomic mass is 10.5. The Hall–Kier alpha value is -0.320. The second-order valence-electron chi connectivity index (χ2n) is 4.34. The van der Waals surface area contributed by atoms with E-state index in [1.807, 2.05) is 0 Å². The minimum absolute atomic E-state index is 0.597. The summed E-state index contributed by atoms with van der Waals surface area (Å²) in [5.74, 6) is 0. The van der Waals surface area contributed by atoms with E-state index in [-0.39, 0.29) is 0 Å². The highest BCUT2D eigenvalue weighted by atomic mass is 15.1. The van der Waals surface area contributed by atoms with E-state index in [4.69, 9.17) is 34.4 Å². The molecule has 0 amide bonds. The molecule has 0 atom stereocenters. The van der Waals surface area contributed by atoms with Crippen molar-refractivity contribution >= 4 is 0 Å². The molecule has 0 fully saturated rings. The van der Waals surface area contributed by atoms with Crippen molar-refractivity contribution in [3.05, 3.63) is 0 Å². The fraction of sp³-hybridized carbons (Fsp3) is 1.00. The van der Waals surface area contributed by atoms with Gasteiger partial charge in [-0.1, -0.05) is 0 Å². The zero-order valence-electron chi connectivity index (χ0n) is 14.0. The van der Waals surface area contributed by atoms with Crippen LogP contribution in [0.3, 0.4) is 0 Å². The lowest BCUT2D eigenvalue weighted by molar-refractivity contribution is 0.320. The molecule has 0 aliphatic heterocycles. The Labute approximate surface area is 125 Å². The molecule has 8 nitrogen and oxygen atoms in total. The van der Waals surface area contributed by atoms with E-state index in [9.17, 15) is 0 Å². The number of likely N-dealkylation sites (N-methyl/N-ethyl adjacent to an activating group) is 2. The third-order valence-corrected chi connectivity index (χ3v) is 1.49. The predicted molar refractivity (Wildman–Crippen MR) is 91.4 cm³/mol. The van der Waals surface area contributed by atoms with Crippen molar-refractivity contribution < 1.29 is 0 Å². The van der Waals surface area contributed by atoms with Gasteiger partial charge in [0.05, 0.1) is 0 Å². The van der Waals surface area contributed by atoms with E-state index in [0.29, 0.717) is 39.3 Å². The third-order valence-electron chi connectivity index (χ3n) is 1.49. The Balaban J connectivity index is -0.0000000917. The molecule has 0 aliphatic carbocycles. The number of nitrogens with zero attached hydrogens (tertiary/aromatic N) is 2. The van der Waals surface area contributed by atoms with Crippen LogP contribution in [0.25, 0.3) is 0 Å². The van der Waals surface area contributed by atoms with Crippen molar-refractivity contribution in [2.75, 3.05) is 80.5 Å². The summed E-state index contributed by atoms with van der Waals surface area (Å²) in [7, 11) is 8.35. The maximum absolute atomic E-state index is 4.90. The van der Waals surface area contributed by atoms with Crippen molar-refractivity contribution in [1.29, 1.82) is 0 Å². The monoisotopic (exact) mass is 296 g/mol. The van der Waals surface area contributed by atoms with Gasteiger partial charge in [0.15, 0.2) is 0 Å². The van der Waals surface area contributed by atoms with Gasteiger partial charge in [0.1, 0.15) is 0 Å². The Morgan fingerprint density at radius 1 is 0.450 bits per heavy atom. The Kier molecular flexibility index (Phi) is 43.6. The van der Waals surface area contributed by atoms with Crippen LogP contribution < -0.4 is 34.4 Å². The van der Waals surface area contributed by atoms with Crippen LogP contribution in [-0.2, 0) is 0 Å². The standard InChI is InChI=1S/C6H16N2.3C2H8N2/c1-7(2)5-6-8(3)4;3*3-1-2-4/h5-6H2,1-4H3;3*1-4H2. The van der Waals surface area contributed by atoms with Crippen LogP contribution in [0.2, 0.25) is 0 Å². The fourth-order valence-electron chi connectivity index (χ4n) is 0.400. The summed E-state index contributed by atoms with van der Waals surface area (Å²) in [5.41, 5.74) is 29.4. The molecule has 0 heterocycles. The minimum Gasteiger partial charge on any atom is -0.329 e. The van der Waals surface area contributed by atoms with Gasteiger partial charge in [0.25, 0.3) is 0 Å². The smallest absolute Gasteiger partial charge is 0.0103 e. The van der Waals surface area contributed by atoms with Gasteiger partial charge in [-0.05, 0) is 28.2 Å². The van der Waals surface area contributed by atoms with Crippen LogP contribution in [0, 0.1) is 0 Å². The highest BCUT2D eigenvalue weighted by Gasteiger charge is 1.89. The topological polar surface area (TPSA) is 163 Å². The first-order chi connectivity index (χ1) is 9.37. The second kappa shape index (κ2) is 31.2. The van der Waals surface area contributed by atoms with Gasteiger partial charge in [-0.2, -0.15) is 0 Å². The summed E-state index contributed by atoms with van der Waals surface area (Å²) >= 11 is 0. The summed E-state index contributed by atoms with van der Waals surface area (Å²) in [6.45, 7) is 5.88. The Morgan fingerprint density at radius 3 is 0.650 bits per heavy atom. The van der Waals surface area contributed by atoms with Crippen molar-refractivity contribution in [3.8, 4) is 0 Å². The fourth-order valence-corrected chi connectivity index (χ4v) is 0.400. The van der Waals surface area contributed by atoms with Crippen molar-refractivity contribution in [3.63, 3.8) is 0 Å². The first kappa shape index (κ1) is 27.9. The van der Waals surface area contributed by atoms with Crippen molar-refractivity contribution in [2.24, 2.45) is 34.4 Å². The van der Waals surface area contributed by atoms with Gasteiger partial charge >= 0.3 is 0 Å². The normalized spacial score (nSPS) is 9.00. The molecular weight excluding hydrogens is 256 g/mol. The first-order valence-electron chi connectivity index (χ1n) is 6.87. The molecule has 0 radical (unpaired) electrons. The molecule has 0 aromatic carbocycles. The predicted octanol–water partition coefficient (Wildman–Crippen LogP) is -3.18. The summed E-state index contributed by atoms with van der Waals surface area (Å²) in [6, 6.07) is 0. The molecule has 0 rings (SSSR count). The van der Waals surface area contributed by atoms with Gasteiger partial charge in [-0.25, -0.2) is 0 Å². The molecule has 0 spiro atoms. The van der Waals surface area contributed by atoms with E-state index in [1.165, 1.54) is 0 Å². The van der Waals surface area contributed by atoms with Gasteiger partial charge in [0.2, 0.25) is 0 Å². The maximum atomic E-state index is 4.90. The Bertz CT molecular complexity index is 98.5. The highest BCUT2D eigenvalue weighted by molar-refractivity contribution is 4.46. The van der Waals surface area contributed by atoms with Crippen LogP contribution in [-0.4, -0.2) is 90.3 Å². The molecule has 128 valence electrons. The lowest BCUT2D eigenvalue weighted by Gasteiger charge is -2.13. The molecule has 20 heavy (non-hydrogen) atoms. The molecule has 0 aromatic heterocycles. The summed E-state index contributed by atoms with van der Waals surface area (Å²) in [4.78, 5) is 4.36. The quantitative estimate of drug-likeness (QED) is 0.299. The largest absolute Gasteiger partial charge is 0.329 e. The minimum atomic E-state index is 0.597. The van der Waals surface area contributed by atoms with Crippen LogP contribution in [0.4, 0.5) is 0 Å². The van der Waals surface area contributed by atoms with Gasteiger partial charge in [0, 0.05) is 52.4 Å². The van der Waals surface area contributed by atoms with Gasteiger partial charge < -0.3 is 44.2 Å². The summed E-state index contributed by atoms with van der Waals surface area (Å²) in [6.07, 6.45) is 0. The van der Waals surface area contributed by atoms with Crippen LogP contribution >= 0.6 is 0 Å². The van der Waals surface area contributed by atoms with Gasteiger partial charge in [-0.3, -0.25) is 0 Å². The van der Waals surface area contributed by atoms with Crippen LogP contribution in [0.1, 0.15) is 0 Å².